The Bertz CT molecular complexity index is 1020. The number of piperidine rings is 1. The van der Waals surface area contributed by atoms with Gasteiger partial charge in [0.25, 0.3) is 0 Å². The number of amides is 1. The lowest BCUT2D eigenvalue weighted by molar-refractivity contribution is -0.126. The summed E-state index contributed by atoms with van der Waals surface area (Å²) in [5.74, 6) is 0.160. The third-order valence-corrected chi connectivity index (χ3v) is 9.45. The van der Waals surface area contributed by atoms with Crippen LogP contribution in [0.2, 0.25) is 0 Å². The molecule has 0 aromatic heterocycles. The zero-order chi connectivity index (χ0) is 23.3. The lowest BCUT2D eigenvalue weighted by atomic mass is 9.97. The normalized spacial score (nSPS) is 16.8. The van der Waals surface area contributed by atoms with Crippen LogP contribution in [0.25, 0.3) is 0 Å². The van der Waals surface area contributed by atoms with Gasteiger partial charge in [0.2, 0.25) is 15.9 Å². The lowest BCUT2D eigenvalue weighted by Crippen LogP contribution is -2.44. The van der Waals surface area contributed by atoms with E-state index in [9.17, 15) is 13.2 Å². The molecule has 2 aliphatic heterocycles. The number of para-hydroxylation sites is 2. The highest BCUT2D eigenvalue weighted by Crippen LogP contribution is 2.47. The summed E-state index contributed by atoms with van der Waals surface area (Å²) in [5, 5.41) is 3.09. The zero-order valence-electron chi connectivity index (χ0n) is 19.2. The Labute approximate surface area is 201 Å². The molecule has 1 saturated heterocycles. The van der Waals surface area contributed by atoms with Crippen LogP contribution in [0.1, 0.15) is 39.0 Å². The molecule has 0 saturated carbocycles. The fourth-order valence-corrected chi connectivity index (χ4v) is 7.24. The van der Waals surface area contributed by atoms with E-state index in [1.807, 2.05) is 6.92 Å². The first-order valence-electron chi connectivity index (χ1n) is 11.9. The number of benzene rings is 2. The molecule has 2 heterocycles. The summed E-state index contributed by atoms with van der Waals surface area (Å²) in [5.41, 5.74) is 2.42. The number of anilines is 2. The molecule has 33 heavy (non-hydrogen) atoms. The van der Waals surface area contributed by atoms with E-state index in [0.717, 1.165) is 19.4 Å². The summed E-state index contributed by atoms with van der Waals surface area (Å²) in [6, 6.07) is 16.9. The molecule has 0 spiro atoms. The number of rotatable bonds is 9. The molecule has 4 rings (SSSR count). The van der Waals surface area contributed by atoms with Crippen LogP contribution in [0.4, 0.5) is 11.4 Å². The number of hydrogen-bond acceptors (Lipinski definition) is 5. The van der Waals surface area contributed by atoms with E-state index in [0.29, 0.717) is 38.9 Å². The van der Waals surface area contributed by atoms with Crippen molar-refractivity contribution < 1.29 is 13.2 Å². The molecule has 2 aromatic rings. The summed E-state index contributed by atoms with van der Waals surface area (Å²) in [4.78, 5) is 17.5. The molecule has 2 aromatic carbocycles. The van der Waals surface area contributed by atoms with Crippen molar-refractivity contribution in [3.05, 3.63) is 48.5 Å². The molecular formula is C25H33N3O3S2. The van der Waals surface area contributed by atoms with Gasteiger partial charge >= 0.3 is 0 Å². The second-order valence-electron chi connectivity index (χ2n) is 8.68. The van der Waals surface area contributed by atoms with Crippen molar-refractivity contribution in [1.82, 2.24) is 9.62 Å². The van der Waals surface area contributed by atoms with Gasteiger partial charge in [-0.3, -0.25) is 4.79 Å². The maximum atomic E-state index is 12.7. The van der Waals surface area contributed by atoms with Gasteiger partial charge in [-0.15, -0.1) is 0 Å². The lowest BCUT2D eigenvalue weighted by Gasteiger charge is -2.33. The molecule has 178 valence electrons. The van der Waals surface area contributed by atoms with E-state index < -0.39 is 10.0 Å². The van der Waals surface area contributed by atoms with Gasteiger partial charge in [-0.2, -0.15) is 0 Å². The monoisotopic (exact) mass is 487 g/mol. The maximum absolute atomic E-state index is 12.7. The highest BCUT2D eigenvalue weighted by atomic mass is 32.2. The van der Waals surface area contributed by atoms with Gasteiger partial charge in [0, 0.05) is 41.9 Å². The van der Waals surface area contributed by atoms with E-state index in [1.54, 1.807) is 16.1 Å². The van der Waals surface area contributed by atoms with Crippen LogP contribution in [0.5, 0.6) is 0 Å². The Morgan fingerprint density at radius 1 is 1.00 bits per heavy atom. The molecule has 6 nitrogen and oxygen atoms in total. The summed E-state index contributed by atoms with van der Waals surface area (Å²) in [6.07, 6.45) is 3.59. The van der Waals surface area contributed by atoms with E-state index in [-0.39, 0.29) is 17.6 Å². The van der Waals surface area contributed by atoms with Gasteiger partial charge < -0.3 is 10.2 Å². The number of fused-ring (bicyclic) bond motifs is 2. The Morgan fingerprint density at radius 3 is 2.21 bits per heavy atom. The summed E-state index contributed by atoms with van der Waals surface area (Å²) in [6.45, 7) is 4.32. The number of hydrogen-bond donors (Lipinski definition) is 1. The quantitative estimate of drug-likeness (QED) is 0.522. The van der Waals surface area contributed by atoms with Gasteiger partial charge in [-0.1, -0.05) is 49.4 Å². The number of carbonyl (C=O) groups is 1. The van der Waals surface area contributed by atoms with Crippen molar-refractivity contribution in [2.75, 3.05) is 36.8 Å². The number of nitrogens with zero attached hydrogens (tertiary/aromatic N) is 2. The van der Waals surface area contributed by atoms with Crippen LogP contribution >= 0.6 is 11.8 Å². The Morgan fingerprint density at radius 2 is 1.61 bits per heavy atom. The standard InChI is InChI=1S/C25H33N3O3S2/c1-2-3-19-33(30,31)27-17-13-20(14-18-27)25(29)26-15-8-16-28-21-9-4-6-11-23(21)32-24-12-7-5-10-22(24)28/h4-7,9-12,20H,2-3,8,13-19H2,1H3,(H,26,29). The molecule has 8 heteroatoms. The molecular weight excluding hydrogens is 454 g/mol. The fourth-order valence-electron chi connectivity index (χ4n) is 4.47. The van der Waals surface area contributed by atoms with E-state index >= 15 is 0 Å². The maximum Gasteiger partial charge on any atom is 0.223 e. The SMILES string of the molecule is CCCCS(=O)(=O)N1CCC(C(=O)NCCCN2c3ccccc3Sc3ccccc32)CC1. The van der Waals surface area contributed by atoms with Crippen molar-refractivity contribution in [2.24, 2.45) is 5.92 Å². The van der Waals surface area contributed by atoms with Gasteiger partial charge in [0.15, 0.2) is 0 Å². The minimum absolute atomic E-state index is 0.0515. The first-order valence-corrected chi connectivity index (χ1v) is 14.3. The second kappa shape index (κ2) is 10.9. The van der Waals surface area contributed by atoms with Gasteiger partial charge in [0.05, 0.1) is 17.1 Å². The van der Waals surface area contributed by atoms with Crippen molar-refractivity contribution in [2.45, 2.75) is 48.8 Å². The number of sulfonamides is 1. The number of unbranched alkanes of at least 4 members (excludes halogenated alkanes) is 1. The number of nitrogens with one attached hydrogen (secondary N) is 1. The summed E-state index contributed by atoms with van der Waals surface area (Å²) < 4.78 is 26.3. The molecule has 0 unspecified atom stereocenters. The minimum Gasteiger partial charge on any atom is -0.356 e. The summed E-state index contributed by atoms with van der Waals surface area (Å²) >= 11 is 1.80. The van der Waals surface area contributed by atoms with Crippen molar-refractivity contribution >= 4 is 39.1 Å². The van der Waals surface area contributed by atoms with Crippen LogP contribution in [0, 0.1) is 5.92 Å². The zero-order valence-corrected chi connectivity index (χ0v) is 20.8. The smallest absolute Gasteiger partial charge is 0.223 e. The van der Waals surface area contributed by atoms with Gasteiger partial charge in [0.1, 0.15) is 0 Å². The Hall–Kier alpha value is -2.03. The average molecular weight is 488 g/mol. The van der Waals surface area contributed by atoms with Crippen LogP contribution < -0.4 is 10.2 Å². The van der Waals surface area contributed by atoms with Crippen molar-refractivity contribution in [1.29, 1.82) is 0 Å². The highest BCUT2D eigenvalue weighted by Gasteiger charge is 2.30. The fraction of sp³-hybridized carbons (Fsp3) is 0.480. The van der Waals surface area contributed by atoms with Gasteiger partial charge in [-0.25, -0.2) is 12.7 Å². The Kier molecular flexibility index (Phi) is 7.98. The van der Waals surface area contributed by atoms with Crippen LogP contribution in [-0.4, -0.2) is 50.6 Å². The van der Waals surface area contributed by atoms with Gasteiger partial charge in [-0.05, 0) is 49.9 Å². The molecule has 1 amide bonds. The minimum atomic E-state index is -3.18. The van der Waals surface area contributed by atoms with Crippen LogP contribution in [-0.2, 0) is 14.8 Å². The molecule has 0 aliphatic carbocycles. The van der Waals surface area contributed by atoms with Crippen molar-refractivity contribution in [3.8, 4) is 0 Å². The molecule has 0 bridgehead atoms. The Balaban J connectivity index is 1.26. The molecule has 1 N–H and O–H groups in total. The average Bonchev–Trinajstić information content (AvgIpc) is 2.84. The number of carbonyl (C=O) groups excluding carboxylic acids is 1. The highest BCUT2D eigenvalue weighted by molar-refractivity contribution is 7.99. The van der Waals surface area contributed by atoms with E-state index in [2.05, 4.69) is 58.7 Å². The predicted octanol–water partition coefficient (Wildman–Crippen LogP) is 4.64. The molecule has 0 atom stereocenters. The first kappa shape index (κ1) is 24.1. The van der Waals surface area contributed by atoms with Crippen LogP contribution in [0.15, 0.2) is 58.3 Å². The summed E-state index contributed by atoms with van der Waals surface area (Å²) in [7, 11) is -3.18. The largest absolute Gasteiger partial charge is 0.356 e. The topological polar surface area (TPSA) is 69.7 Å². The molecule has 1 fully saturated rings. The third-order valence-electron chi connectivity index (χ3n) is 6.36. The third kappa shape index (κ3) is 5.73. The second-order valence-corrected chi connectivity index (χ2v) is 11.8. The van der Waals surface area contributed by atoms with E-state index in [1.165, 1.54) is 21.2 Å². The van der Waals surface area contributed by atoms with Crippen molar-refractivity contribution in [3.63, 3.8) is 0 Å². The molecule has 2 aliphatic rings. The van der Waals surface area contributed by atoms with E-state index in [4.69, 9.17) is 0 Å². The first-order chi connectivity index (χ1) is 16.0. The molecule has 0 radical (unpaired) electrons. The predicted molar refractivity (Wildman–Crippen MR) is 135 cm³/mol. The van der Waals surface area contributed by atoms with Crippen LogP contribution in [0.3, 0.4) is 0 Å².